The summed E-state index contributed by atoms with van der Waals surface area (Å²) in [6.45, 7) is 5.38. The molecule has 0 aliphatic heterocycles. The predicted molar refractivity (Wildman–Crippen MR) is 93.5 cm³/mol. The van der Waals surface area contributed by atoms with Gasteiger partial charge in [-0.15, -0.1) is 0 Å². The minimum Gasteiger partial charge on any atom is -0.497 e. The highest BCUT2D eigenvalue weighted by molar-refractivity contribution is 5.80. The van der Waals surface area contributed by atoms with E-state index in [0.717, 1.165) is 23.6 Å². The van der Waals surface area contributed by atoms with E-state index >= 15 is 0 Å². The number of methoxy groups -OCH3 is 3. The second-order valence-corrected chi connectivity index (χ2v) is 5.18. The summed E-state index contributed by atoms with van der Waals surface area (Å²) < 4.78 is 15.3. The van der Waals surface area contributed by atoms with Gasteiger partial charge in [0.15, 0.2) is 5.96 Å². The number of nitrogens with zero attached hydrogens (tertiary/aromatic N) is 1. The van der Waals surface area contributed by atoms with Gasteiger partial charge in [-0.3, -0.25) is 4.79 Å². The lowest BCUT2D eigenvalue weighted by Crippen LogP contribution is -2.40. The molecule has 134 valence electrons. The van der Waals surface area contributed by atoms with Crippen molar-refractivity contribution in [3.63, 3.8) is 0 Å². The SMILES string of the molecule is CCNC(=NCc1ccc(OC)cc1OC)NCC(C)C(=O)OC. The van der Waals surface area contributed by atoms with E-state index in [-0.39, 0.29) is 11.9 Å². The Labute approximate surface area is 143 Å². The van der Waals surface area contributed by atoms with Gasteiger partial charge in [0.05, 0.1) is 33.8 Å². The lowest BCUT2D eigenvalue weighted by molar-refractivity contribution is -0.144. The first kappa shape index (κ1) is 19.6. The van der Waals surface area contributed by atoms with Crippen LogP contribution in [0.25, 0.3) is 0 Å². The van der Waals surface area contributed by atoms with Crippen molar-refractivity contribution in [3.8, 4) is 11.5 Å². The van der Waals surface area contributed by atoms with Crippen molar-refractivity contribution in [3.05, 3.63) is 23.8 Å². The Kier molecular flexibility index (Phi) is 8.46. The van der Waals surface area contributed by atoms with Crippen LogP contribution < -0.4 is 20.1 Å². The second-order valence-electron chi connectivity index (χ2n) is 5.18. The molecule has 0 fully saturated rings. The molecule has 0 saturated heterocycles. The highest BCUT2D eigenvalue weighted by Crippen LogP contribution is 2.25. The average molecular weight is 337 g/mol. The average Bonchev–Trinajstić information content (AvgIpc) is 2.62. The number of guanidine groups is 1. The molecular formula is C17H27N3O4. The zero-order valence-corrected chi connectivity index (χ0v) is 15.0. The first-order valence-corrected chi connectivity index (χ1v) is 7.86. The molecule has 0 spiro atoms. The van der Waals surface area contributed by atoms with Crippen LogP contribution in [0.4, 0.5) is 0 Å². The summed E-state index contributed by atoms with van der Waals surface area (Å²) in [6.07, 6.45) is 0. The van der Waals surface area contributed by atoms with E-state index in [1.54, 1.807) is 21.1 Å². The third-order valence-electron chi connectivity index (χ3n) is 3.43. The van der Waals surface area contributed by atoms with Crippen LogP contribution in [-0.2, 0) is 16.1 Å². The number of benzene rings is 1. The van der Waals surface area contributed by atoms with Crippen LogP contribution in [0, 0.1) is 5.92 Å². The van der Waals surface area contributed by atoms with E-state index in [0.29, 0.717) is 19.0 Å². The number of carbonyl (C=O) groups is 1. The maximum Gasteiger partial charge on any atom is 0.310 e. The van der Waals surface area contributed by atoms with Crippen molar-refractivity contribution in [2.24, 2.45) is 10.9 Å². The molecule has 0 aliphatic carbocycles. The van der Waals surface area contributed by atoms with E-state index in [9.17, 15) is 4.79 Å². The Balaban J connectivity index is 2.76. The normalized spacial score (nSPS) is 12.3. The van der Waals surface area contributed by atoms with Crippen LogP contribution >= 0.6 is 0 Å². The van der Waals surface area contributed by atoms with Crippen molar-refractivity contribution in [2.75, 3.05) is 34.4 Å². The Morgan fingerprint density at radius 1 is 1.21 bits per heavy atom. The van der Waals surface area contributed by atoms with Crippen molar-refractivity contribution < 1.29 is 19.0 Å². The summed E-state index contributed by atoms with van der Waals surface area (Å²) in [6, 6.07) is 5.61. The lowest BCUT2D eigenvalue weighted by Gasteiger charge is -2.15. The van der Waals surface area contributed by atoms with Crippen molar-refractivity contribution >= 4 is 11.9 Å². The Bertz CT molecular complexity index is 561. The molecule has 0 heterocycles. The highest BCUT2D eigenvalue weighted by Gasteiger charge is 2.13. The van der Waals surface area contributed by atoms with Crippen molar-refractivity contribution in [1.29, 1.82) is 0 Å². The topological polar surface area (TPSA) is 81.2 Å². The summed E-state index contributed by atoms with van der Waals surface area (Å²) >= 11 is 0. The van der Waals surface area contributed by atoms with Crippen LogP contribution in [0.1, 0.15) is 19.4 Å². The van der Waals surface area contributed by atoms with Gasteiger partial charge in [0.2, 0.25) is 0 Å². The Hall–Kier alpha value is -2.44. The molecule has 0 radical (unpaired) electrons. The number of rotatable bonds is 8. The molecule has 0 aromatic heterocycles. The number of hydrogen-bond donors (Lipinski definition) is 2. The zero-order chi connectivity index (χ0) is 17.9. The van der Waals surface area contributed by atoms with Crippen molar-refractivity contribution in [1.82, 2.24) is 10.6 Å². The minimum atomic E-state index is -0.255. The lowest BCUT2D eigenvalue weighted by atomic mass is 10.2. The highest BCUT2D eigenvalue weighted by atomic mass is 16.5. The molecule has 7 heteroatoms. The van der Waals surface area contributed by atoms with Crippen LogP contribution in [0.2, 0.25) is 0 Å². The van der Waals surface area contributed by atoms with Gasteiger partial charge in [-0.05, 0) is 19.1 Å². The summed E-state index contributed by atoms with van der Waals surface area (Å²) in [7, 11) is 4.61. The smallest absolute Gasteiger partial charge is 0.310 e. The molecule has 0 amide bonds. The molecule has 0 bridgehead atoms. The molecule has 0 saturated carbocycles. The van der Waals surface area contributed by atoms with E-state index < -0.39 is 0 Å². The summed E-state index contributed by atoms with van der Waals surface area (Å²) in [5.74, 6) is 1.57. The van der Waals surface area contributed by atoms with Gasteiger partial charge in [-0.25, -0.2) is 4.99 Å². The van der Waals surface area contributed by atoms with Gasteiger partial charge in [0, 0.05) is 24.7 Å². The molecule has 1 aromatic rings. The maximum atomic E-state index is 11.5. The maximum absolute atomic E-state index is 11.5. The van der Waals surface area contributed by atoms with Crippen LogP contribution in [0.15, 0.2) is 23.2 Å². The molecule has 24 heavy (non-hydrogen) atoms. The molecule has 1 aromatic carbocycles. The van der Waals surface area contributed by atoms with Gasteiger partial charge in [-0.1, -0.05) is 6.92 Å². The monoisotopic (exact) mass is 337 g/mol. The second kappa shape index (κ2) is 10.4. The first-order chi connectivity index (χ1) is 11.5. The summed E-state index contributed by atoms with van der Waals surface area (Å²) in [5, 5.41) is 6.28. The fourth-order valence-corrected chi connectivity index (χ4v) is 2.02. The number of carbonyl (C=O) groups excluding carboxylic acids is 1. The summed E-state index contributed by atoms with van der Waals surface area (Å²) in [4.78, 5) is 16.0. The predicted octanol–water partition coefficient (Wildman–Crippen LogP) is 1.57. The van der Waals surface area contributed by atoms with Gasteiger partial charge >= 0.3 is 5.97 Å². The van der Waals surface area contributed by atoms with E-state index in [1.165, 1.54) is 7.11 Å². The number of nitrogens with one attached hydrogen (secondary N) is 2. The molecule has 0 aliphatic rings. The van der Waals surface area contributed by atoms with Crippen LogP contribution in [0.3, 0.4) is 0 Å². The minimum absolute atomic E-state index is 0.254. The molecule has 2 N–H and O–H groups in total. The first-order valence-electron chi connectivity index (χ1n) is 7.86. The number of hydrogen-bond acceptors (Lipinski definition) is 5. The number of ether oxygens (including phenoxy) is 3. The fraction of sp³-hybridized carbons (Fsp3) is 0.529. The van der Waals surface area contributed by atoms with E-state index in [4.69, 9.17) is 14.2 Å². The largest absolute Gasteiger partial charge is 0.497 e. The van der Waals surface area contributed by atoms with E-state index in [2.05, 4.69) is 15.6 Å². The van der Waals surface area contributed by atoms with E-state index in [1.807, 2.05) is 25.1 Å². The van der Waals surface area contributed by atoms with Crippen molar-refractivity contribution in [2.45, 2.75) is 20.4 Å². The third kappa shape index (κ3) is 5.98. The van der Waals surface area contributed by atoms with Gasteiger partial charge < -0.3 is 24.8 Å². The standard InChI is InChI=1S/C17H27N3O4/c1-6-18-17(19-10-12(2)16(21)24-5)20-11-13-7-8-14(22-3)9-15(13)23-4/h7-9,12H,6,10-11H2,1-5H3,(H2,18,19,20). The molecule has 1 unspecified atom stereocenters. The Morgan fingerprint density at radius 3 is 2.54 bits per heavy atom. The van der Waals surface area contributed by atoms with Gasteiger partial charge in [-0.2, -0.15) is 0 Å². The fourth-order valence-electron chi connectivity index (χ4n) is 2.02. The summed E-state index contributed by atoms with van der Waals surface area (Å²) in [5.41, 5.74) is 0.941. The van der Waals surface area contributed by atoms with Crippen LogP contribution in [-0.4, -0.2) is 46.3 Å². The molecule has 1 atom stereocenters. The zero-order valence-electron chi connectivity index (χ0n) is 15.0. The van der Waals surface area contributed by atoms with Gasteiger partial charge in [0.1, 0.15) is 11.5 Å². The Morgan fingerprint density at radius 2 is 1.96 bits per heavy atom. The molecule has 1 rings (SSSR count). The number of esters is 1. The third-order valence-corrected chi connectivity index (χ3v) is 3.43. The quantitative estimate of drug-likeness (QED) is 0.426. The van der Waals surface area contributed by atoms with Gasteiger partial charge in [0.25, 0.3) is 0 Å². The molecular weight excluding hydrogens is 310 g/mol. The molecule has 7 nitrogen and oxygen atoms in total. The number of aliphatic imine (C=N–C) groups is 1. The van der Waals surface area contributed by atoms with Crippen LogP contribution in [0.5, 0.6) is 11.5 Å².